The van der Waals surface area contributed by atoms with E-state index in [1.54, 1.807) is 0 Å². The highest BCUT2D eigenvalue weighted by Crippen LogP contribution is 2.21. The van der Waals surface area contributed by atoms with E-state index in [9.17, 15) is 0 Å². The van der Waals surface area contributed by atoms with E-state index in [0.29, 0.717) is 0 Å². The molecule has 1 aliphatic heterocycles. The van der Waals surface area contributed by atoms with Crippen LogP contribution in [0.3, 0.4) is 0 Å². The Hall–Kier alpha value is -0.0400. The van der Waals surface area contributed by atoms with Gasteiger partial charge in [0.1, 0.15) is 0 Å². The summed E-state index contributed by atoms with van der Waals surface area (Å²) >= 11 is 0. The second kappa shape index (κ2) is 8.55. The molecule has 0 saturated carbocycles. The molecule has 1 fully saturated rings. The first kappa shape index (κ1) is 13.0. The van der Waals surface area contributed by atoms with Gasteiger partial charge in [-0.05, 0) is 31.7 Å². The van der Waals surface area contributed by atoms with Crippen LogP contribution in [0.4, 0.5) is 0 Å². The molecular formula is C12H27N. The van der Waals surface area contributed by atoms with E-state index in [0.717, 1.165) is 12.0 Å². The average molecular weight is 185 g/mol. The quantitative estimate of drug-likeness (QED) is 0.706. The highest BCUT2D eigenvalue weighted by molar-refractivity contribution is 4.80. The van der Waals surface area contributed by atoms with Gasteiger partial charge in [0.05, 0.1) is 0 Å². The van der Waals surface area contributed by atoms with Crippen molar-refractivity contribution in [2.75, 3.05) is 6.54 Å². The number of rotatable bonds is 4. The lowest BCUT2D eigenvalue weighted by Crippen LogP contribution is -2.29. The molecule has 2 atom stereocenters. The van der Waals surface area contributed by atoms with Crippen molar-refractivity contribution >= 4 is 0 Å². The minimum absolute atomic E-state index is 0.847. The van der Waals surface area contributed by atoms with Crippen molar-refractivity contribution in [3.63, 3.8) is 0 Å². The van der Waals surface area contributed by atoms with Crippen LogP contribution in [0.5, 0.6) is 0 Å². The van der Waals surface area contributed by atoms with Gasteiger partial charge < -0.3 is 5.32 Å². The monoisotopic (exact) mass is 185 g/mol. The Bertz CT molecular complexity index is 95.3. The minimum atomic E-state index is 0.847. The van der Waals surface area contributed by atoms with Crippen LogP contribution in [-0.4, -0.2) is 12.6 Å². The van der Waals surface area contributed by atoms with E-state index in [4.69, 9.17) is 0 Å². The molecule has 0 aromatic carbocycles. The van der Waals surface area contributed by atoms with Crippen LogP contribution in [-0.2, 0) is 0 Å². The molecule has 1 N–H and O–H groups in total. The molecule has 0 aliphatic carbocycles. The van der Waals surface area contributed by atoms with Crippen LogP contribution in [0.25, 0.3) is 0 Å². The van der Waals surface area contributed by atoms with Crippen molar-refractivity contribution in [2.24, 2.45) is 5.92 Å². The molecule has 1 heteroatoms. The van der Waals surface area contributed by atoms with E-state index in [1.807, 2.05) is 13.8 Å². The van der Waals surface area contributed by atoms with Gasteiger partial charge in [-0.3, -0.25) is 0 Å². The predicted molar refractivity (Wildman–Crippen MR) is 61.1 cm³/mol. The molecule has 80 valence electrons. The van der Waals surface area contributed by atoms with E-state index in [2.05, 4.69) is 19.2 Å². The van der Waals surface area contributed by atoms with Gasteiger partial charge in [0, 0.05) is 6.04 Å². The molecule has 0 radical (unpaired) electrons. The third-order valence-electron chi connectivity index (χ3n) is 2.85. The van der Waals surface area contributed by atoms with Gasteiger partial charge in [0.25, 0.3) is 0 Å². The van der Waals surface area contributed by atoms with Crippen molar-refractivity contribution in [1.29, 1.82) is 0 Å². The first-order valence-electron chi connectivity index (χ1n) is 6.11. The normalized spacial score (nSPS) is 23.5. The molecule has 13 heavy (non-hydrogen) atoms. The predicted octanol–water partition coefficient (Wildman–Crippen LogP) is 3.59. The summed E-state index contributed by atoms with van der Waals surface area (Å²) in [5.74, 6) is 0.947. The molecule has 1 nitrogen and oxygen atoms in total. The molecular weight excluding hydrogens is 158 g/mol. The van der Waals surface area contributed by atoms with Crippen LogP contribution in [0.15, 0.2) is 0 Å². The Morgan fingerprint density at radius 3 is 2.38 bits per heavy atom. The molecule has 0 amide bonds. The maximum absolute atomic E-state index is 3.59. The lowest BCUT2D eigenvalue weighted by molar-refractivity contribution is 0.352. The molecule has 2 unspecified atom stereocenters. The van der Waals surface area contributed by atoms with Crippen LogP contribution in [0, 0.1) is 5.92 Å². The van der Waals surface area contributed by atoms with Crippen LogP contribution >= 0.6 is 0 Å². The SMILES string of the molecule is CC.CCCC(CC)C1CCCN1. The van der Waals surface area contributed by atoms with Crippen LogP contribution < -0.4 is 5.32 Å². The van der Waals surface area contributed by atoms with E-state index in [-0.39, 0.29) is 0 Å². The number of hydrogen-bond donors (Lipinski definition) is 1. The Morgan fingerprint density at radius 1 is 1.31 bits per heavy atom. The summed E-state index contributed by atoms with van der Waals surface area (Å²) in [6, 6.07) is 0.847. The minimum Gasteiger partial charge on any atom is -0.314 e. The average Bonchev–Trinajstić information content (AvgIpc) is 2.70. The van der Waals surface area contributed by atoms with Gasteiger partial charge in [-0.2, -0.15) is 0 Å². The third kappa shape index (κ3) is 4.66. The Balaban J connectivity index is 0.000000671. The molecule has 0 bridgehead atoms. The van der Waals surface area contributed by atoms with Crippen LogP contribution in [0.1, 0.15) is 59.8 Å². The smallest absolute Gasteiger partial charge is 0.00956 e. The highest BCUT2D eigenvalue weighted by atomic mass is 14.9. The van der Waals surface area contributed by atoms with E-state index >= 15 is 0 Å². The van der Waals surface area contributed by atoms with Crippen LogP contribution in [0.2, 0.25) is 0 Å². The molecule has 0 spiro atoms. The largest absolute Gasteiger partial charge is 0.314 e. The summed E-state index contributed by atoms with van der Waals surface area (Å²) in [5.41, 5.74) is 0. The first-order valence-corrected chi connectivity index (χ1v) is 6.11. The second-order valence-electron chi connectivity index (χ2n) is 3.66. The van der Waals surface area contributed by atoms with Gasteiger partial charge >= 0.3 is 0 Å². The van der Waals surface area contributed by atoms with Gasteiger partial charge in [-0.25, -0.2) is 0 Å². The molecule has 1 saturated heterocycles. The fourth-order valence-electron chi connectivity index (χ4n) is 2.17. The van der Waals surface area contributed by atoms with Crippen molar-refractivity contribution < 1.29 is 0 Å². The number of nitrogens with one attached hydrogen (secondary N) is 1. The molecule has 1 aliphatic rings. The Morgan fingerprint density at radius 2 is 2.00 bits per heavy atom. The van der Waals surface area contributed by atoms with Crippen molar-refractivity contribution in [3.8, 4) is 0 Å². The molecule has 0 aromatic heterocycles. The maximum Gasteiger partial charge on any atom is 0.00956 e. The molecule has 1 heterocycles. The van der Waals surface area contributed by atoms with E-state index < -0.39 is 0 Å². The summed E-state index contributed by atoms with van der Waals surface area (Å²) in [6.45, 7) is 9.86. The fourth-order valence-corrected chi connectivity index (χ4v) is 2.17. The summed E-state index contributed by atoms with van der Waals surface area (Å²) in [7, 11) is 0. The van der Waals surface area contributed by atoms with Gasteiger partial charge in [-0.1, -0.05) is 40.5 Å². The summed E-state index contributed by atoms with van der Waals surface area (Å²) in [4.78, 5) is 0. The highest BCUT2D eigenvalue weighted by Gasteiger charge is 2.21. The topological polar surface area (TPSA) is 12.0 Å². The van der Waals surface area contributed by atoms with Gasteiger partial charge in [0.2, 0.25) is 0 Å². The maximum atomic E-state index is 3.59. The lowest BCUT2D eigenvalue weighted by atomic mass is 9.91. The van der Waals surface area contributed by atoms with Crippen molar-refractivity contribution in [3.05, 3.63) is 0 Å². The zero-order chi connectivity index (χ0) is 10.1. The first-order chi connectivity index (χ1) is 6.38. The van der Waals surface area contributed by atoms with E-state index in [1.165, 1.54) is 38.6 Å². The van der Waals surface area contributed by atoms with Gasteiger partial charge in [-0.15, -0.1) is 0 Å². The fraction of sp³-hybridized carbons (Fsp3) is 1.00. The van der Waals surface area contributed by atoms with Crippen molar-refractivity contribution in [1.82, 2.24) is 5.32 Å². The second-order valence-corrected chi connectivity index (χ2v) is 3.66. The lowest BCUT2D eigenvalue weighted by Gasteiger charge is -2.21. The summed E-state index contributed by atoms with van der Waals surface area (Å²) in [5, 5.41) is 3.59. The Kier molecular flexibility index (Phi) is 8.53. The number of hydrogen-bond acceptors (Lipinski definition) is 1. The zero-order valence-corrected chi connectivity index (χ0v) is 9.90. The van der Waals surface area contributed by atoms with Gasteiger partial charge in [0.15, 0.2) is 0 Å². The summed E-state index contributed by atoms with van der Waals surface area (Å²) < 4.78 is 0. The summed E-state index contributed by atoms with van der Waals surface area (Å²) in [6.07, 6.45) is 6.92. The zero-order valence-electron chi connectivity index (χ0n) is 9.90. The molecule has 0 aromatic rings. The Labute approximate surface area is 84.3 Å². The third-order valence-corrected chi connectivity index (χ3v) is 2.85. The van der Waals surface area contributed by atoms with Crippen molar-refractivity contribution in [2.45, 2.75) is 65.8 Å². The molecule has 1 rings (SSSR count). The standard InChI is InChI=1S/C10H21N.C2H6/c1-3-6-9(4-2)10-7-5-8-11-10;1-2/h9-11H,3-8H2,1-2H3;1-2H3.